The van der Waals surface area contributed by atoms with Crippen LogP contribution in [0.15, 0.2) is 65.6 Å². The molecule has 0 aliphatic heterocycles. The third-order valence-corrected chi connectivity index (χ3v) is 4.46. The van der Waals surface area contributed by atoms with E-state index in [2.05, 4.69) is 15.1 Å². The number of benzene rings is 2. The van der Waals surface area contributed by atoms with Crippen molar-refractivity contribution >= 4 is 28.5 Å². The van der Waals surface area contributed by atoms with Crippen LogP contribution in [0.5, 0.6) is 0 Å². The molecule has 0 atom stereocenters. The van der Waals surface area contributed by atoms with Crippen molar-refractivity contribution in [1.29, 1.82) is 0 Å². The average molecular weight is 407 g/mol. The summed E-state index contributed by atoms with van der Waals surface area (Å²) in [5.74, 6) is -0.282. The summed E-state index contributed by atoms with van der Waals surface area (Å²) in [5, 5.41) is 4.98. The maximum atomic E-state index is 13.2. The van der Waals surface area contributed by atoms with Gasteiger partial charge in [0.05, 0.1) is 17.7 Å². The maximum absolute atomic E-state index is 13.2. The van der Waals surface area contributed by atoms with Crippen molar-refractivity contribution in [1.82, 2.24) is 19.7 Å². The molecule has 0 aliphatic rings. The average Bonchev–Trinajstić information content (AvgIpc) is 2.75. The van der Waals surface area contributed by atoms with Crippen LogP contribution >= 0.6 is 11.6 Å². The molecule has 7 nitrogen and oxygen atoms in total. The van der Waals surface area contributed by atoms with Crippen LogP contribution in [-0.2, 0) is 4.74 Å². The van der Waals surface area contributed by atoms with Crippen molar-refractivity contribution in [2.24, 2.45) is 0 Å². The van der Waals surface area contributed by atoms with E-state index in [0.717, 1.165) is 10.2 Å². The first-order valence-electron chi connectivity index (χ1n) is 8.87. The number of nitrogens with zero attached hydrogens (tertiary/aromatic N) is 4. The van der Waals surface area contributed by atoms with Crippen LogP contribution in [0.4, 0.5) is 0 Å². The van der Waals surface area contributed by atoms with Crippen molar-refractivity contribution in [3.05, 3.63) is 81.9 Å². The molecule has 0 aliphatic carbocycles. The minimum Gasteiger partial charge on any atom is -0.461 e. The van der Waals surface area contributed by atoms with Gasteiger partial charge in [0.25, 0.3) is 5.56 Å². The molecule has 0 N–H and O–H groups in total. The molecule has 0 spiro atoms. The Bertz CT molecular complexity index is 1250. The Morgan fingerprint density at radius 1 is 1.10 bits per heavy atom. The van der Waals surface area contributed by atoms with Gasteiger partial charge in [-0.05, 0) is 31.2 Å². The van der Waals surface area contributed by atoms with Gasteiger partial charge in [0.15, 0.2) is 11.5 Å². The van der Waals surface area contributed by atoms with E-state index in [1.807, 2.05) is 30.3 Å². The van der Waals surface area contributed by atoms with Gasteiger partial charge in [-0.25, -0.2) is 14.8 Å². The van der Waals surface area contributed by atoms with Crippen LogP contribution < -0.4 is 5.56 Å². The van der Waals surface area contributed by atoms with Crippen molar-refractivity contribution in [3.63, 3.8) is 0 Å². The highest BCUT2D eigenvalue weighted by Gasteiger charge is 2.21. The zero-order valence-corrected chi connectivity index (χ0v) is 16.1. The van der Waals surface area contributed by atoms with E-state index in [0.29, 0.717) is 16.5 Å². The molecule has 0 bridgehead atoms. The number of halogens is 1. The Kier molecular flexibility index (Phi) is 5.05. The van der Waals surface area contributed by atoms with E-state index >= 15 is 0 Å². The highest BCUT2D eigenvalue weighted by Crippen LogP contribution is 2.20. The number of rotatable bonds is 4. The first kappa shape index (κ1) is 18.8. The van der Waals surface area contributed by atoms with Crippen LogP contribution in [0.25, 0.3) is 28.0 Å². The smallest absolute Gasteiger partial charge is 0.359 e. The van der Waals surface area contributed by atoms with Crippen molar-refractivity contribution in [2.45, 2.75) is 6.92 Å². The zero-order valence-electron chi connectivity index (χ0n) is 15.4. The Hall–Kier alpha value is -3.58. The molecule has 0 unspecified atom stereocenters. The summed E-state index contributed by atoms with van der Waals surface area (Å²) in [4.78, 5) is 34.4. The van der Waals surface area contributed by atoms with Gasteiger partial charge in [0, 0.05) is 16.8 Å². The molecule has 4 aromatic rings. The quantitative estimate of drug-likeness (QED) is 0.480. The molecule has 8 heteroatoms. The third-order valence-electron chi connectivity index (χ3n) is 4.21. The summed E-state index contributed by atoms with van der Waals surface area (Å²) >= 11 is 5.94. The largest absolute Gasteiger partial charge is 0.461 e. The molecule has 0 fully saturated rings. The lowest BCUT2D eigenvalue weighted by Crippen LogP contribution is -2.26. The number of hydrogen-bond acceptors (Lipinski definition) is 6. The fraction of sp³-hybridized carbons (Fsp3) is 0.0952. The Morgan fingerprint density at radius 2 is 1.83 bits per heavy atom. The van der Waals surface area contributed by atoms with Crippen LogP contribution in [0.2, 0.25) is 5.02 Å². The molecule has 2 heterocycles. The van der Waals surface area contributed by atoms with Crippen LogP contribution in [-0.4, -0.2) is 32.3 Å². The highest BCUT2D eigenvalue weighted by atomic mass is 35.5. The monoisotopic (exact) mass is 406 g/mol. The minimum absolute atomic E-state index is 0.0315. The predicted molar refractivity (Wildman–Crippen MR) is 109 cm³/mol. The van der Waals surface area contributed by atoms with Crippen molar-refractivity contribution in [2.75, 3.05) is 6.61 Å². The molecule has 0 radical (unpaired) electrons. The molecular weight excluding hydrogens is 392 g/mol. The molecule has 0 saturated carbocycles. The van der Waals surface area contributed by atoms with Crippen molar-refractivity contribution < 1.29 is 9.53 Å². The van der Waals surface area contributed by atoms with Gasteiger partial charge in [0.1, 0.15) is 5.52 Å². The molecular formula is C21H15ClN4O3. The molecule has 0 amide bonds. The normalized spacial score (nSPS) is 10.8. The predicted octanol–water partition coefficient (Wildman–Crippen LogP) is 3.67. The fourth-order valence-corrected chi connectivity index (χ4v) is 2.98. The number of hydrogen-bond donors (Lipinski definition) is 0. The lowest BCUT2D eigenvalue weighted by Gasteiger charge is -2.11. The molecule has 0 saturated heterocycles. The Morgan fingerprint density at radius 3 is 2.52 bits per heavy atom. The van der Waals surface area contributed by atoms with E-state index in [9.17, 15) is 9.59 Å². The number of carbonyl (C=O) groups is 1. The molecule has 2 aromatic carbocycles. The highest BCUT2D eigenvalue weighted by molar-refractivity contribution is 6.30. The second kappa shape index (κ2) is 7.81. The lowest BCUT2D eigenvalue weighted by molar-refractivity contribution is 0.0520. The first-order chi connectivity index (χ1) is 14.1. The fourth-order valence-electron chi connectivity index (χ4n) is 2.85. The second-order valence-corrected chi connectivity index (χ2v) is 6.52. The van der Waals surface area contributed by atoms with Gasteiger partial charge < -0.3 is 4.74 Å². The second-order valence-electron chi connectivity index (χ2n) is 6.08. The summed E-state index contributed by atoms with van der Waals surface area (Å²) in [5.41, 5.74) is 0.769. The van der Waals surface area contributed by atoms with Crippen LogP contribution in [0, 0.1) is 0 Å². The van der Waals surface area contributed by atoms with Crippen molar-refractivity contribution in [3.8, 4) is 17.1 Å². The zero-order chi connectivity index (χ0) is 20.4. The van der Waals surface area contributed by atoms with Gasteiger partial charge in [-0.1, -0.05) is 41.9 Å². The number of ether oxygens (including phenoxy) is 1. The van der Waals surface area contributed by atoms with Crippen LogP contribution in [0.3, 0.4) is 0 Å². The Balaban J connectivity index is 2.00. The van der Waals surface area contributed by atoms with Crippen LogP contribution in [0.1, 0.15) is 17.4 Å². The van der Waals surface area contributed by atoms with E-state index < -0.39 is 11.5 Å². The van der Waals surface area contributed by atoms with Gasteiger partial charge in [-0.2, -0.15) is 9.78 Å². The summed E-state index contributed by atoms with van der Waals surface area (Å²) < 4.78 is 6.23. The standard InChI is InChI=1S/C21H15ClN4O3/c1-2-29-21(28)18-16-12-23-19(13-6-4-3-5-7-13)24-17(16)20(27)26(25-18)15-10-8-14(22)9-11-15/h3-12H,2H2,1H3. The SMILES string of the molecule is CCOC(=O)c1nn(-c2ccc(Cl)cc2)c(=O)c2nc(-c3ccccc3)ncc12. The van der Waals surface area contributed by atoms with E-state index in [1.54, 1.807) is 31.2 Å². The molecule has 29 heavy (non-hydrogen) atoms. The Labute approximate surface area is 170 Å². The maximum Gasteiger partial charge on any atom is 0.359 e. The lowest BCUT2D eigenvalue weighted by atomic mass is 10.2. The molecule has 4 rings (SSSR count). The first-order valence-corrected chi connectivity index (χ1v) is 9.25. The van der Waals surface area contributed by atoms with E-state index in [4.69, 9.17) is 16.3 Å². The summed E-state index contributed by atoms with van der Waals surface area (Å²) in [7, 11) is 0. The van der Waals surface area contributed by atoms with Gasteiger partial charge in [0.2, 0.25) is 0 Å². The number of esters is 1. The van der Waals surface area contributed by atoms with Gasteiger partial charge >= 0.3 is 5.97 Å². The van der Waals surface area contributed by atoms with Gasteiger partial charge in [-0.15, -0.1) is 0 Å². The number of aromatic nitrogens is 4. The minimum atomic E-state index is -0.656. The molecule has 144 valence electrons. The number of carbonyl (C=O) groups excluding carboxylic acids is 1. The summed E-state index contributed by atoms with van der Waals surface area (Å²) in [6, 6.07) is 15.8. The van der Waals surface area contributed by atoms with Gasteiger partial charge in [-0.3, -0.25) is 4.79 Å². The molecule has 2 aromatic heterocycles. The van der Waals surface area contributed by atoms with E-state index in [1.165, 1.54) is 6.20 Å². The number of fused-ring (bicyclic) bond motifs is 1. The summed E-state index contributed by atoms with van der Waals surface area (Å²) in [6.45, 7) is 1.87. The topological polar surface area (TPSA) is 87.0 Å². The third kappa shape index (κ3) is 3.60. The summed E-state index contributed by atoms with van der Waals surface area (Å²) in [6.07, 6.45) is 1.43. The van der Waals surface area contributed by atoms with E-state index in [-0.39, 0.29) is 23.2 Å².